The Balaban J connectivity index is 0.00000288. The lowest BCUT2D eigenvalue weighted by molar-refractivity contribution is -0.145. The van der Waals surface area contributed by atoms with Gasteiger partial charge in [-0.1, -0.05) is 13.0 Å². The number of halogens is 3. The van der Waals surface area contributed by atoms with Crippen LogP contribution in [0.2, 0.25) is 0 Å². The number of hydrogen-bond donors (Lipinski definition) is 1. The first-order valence-electron chi connectivity index (χ1n) is 7.43. The molecule has 1 aliphatic heterocycles. The fourth-order valence-electron chi connectivity index (χ4n) is 2.76. The Morgan fingerprint density at radius 2 is 2.21 bits per heavy atom. The summed E-state index contributed by atoms with van der Waals surface area (Å²) in [5.74, 6) is 0.270. The molecule has 1 aromatic carbocycles. The van der Waals surface area contributed by atoms with Crippen molar-refractivity contribution in [2.75, 3.05) is 27.2 Å². The number of benzene rings is 1. The second-order valence-corrected chi connectivity index (χ2v) is 6.52. The minimum absolute atomic E-state index is 0. The van der Waals surface area contributed by atoms with Crippen LogP contribution in [0.4, 0.5) is 4.39 Å². The molecule has 0 aliphatic carbocycles. The van der Waals surface area contributed by atoms with Crippen molar-refractivity contribution in [1.82, 2.24) is 10.2 Å². The molecule has 1 fully saturated rings. The summed E-state index contributed by atoms with van der Waals surface area (Å²) < 4.78 is 18.8. The van der Waals surface area contributed by atoms with Gasteiger partial charge in [0, 0.05) is 26.7 Å². The first-order chi connectivity index (χ1) is 11.0. The Bertz CT molecular complexity index is 615. The van der Waals surface area contributed by atoms with E-state index < -0.39 is 0 Å². The van der Waals surface area contributed by atoms with E-state index in [1.54, 1.807) is 13.1 Å². The molecule has 8 heteroatoms. The highest BCUT2D eigenvalue weighted by Crippen LogP contribution is 2.24. The third kappa shape index (κ3) is 5.05. The summed E-state index contributed by atoms with van der Waals surface area (Å²) in [6.45, 7) is 3.79. The Hall–Kier alpha value is -0.900. The molecule has 1 heterocycles. The van der Waals surface area contributed by atoms with Crippen LogP contribution >= 0.6 is 39.9 Å². The van der Waals surface area contributed by atoms with Crippen LogP contribution in [0.15, 0.2) is 27.7 Å². The summed E-state index contributed by atoms with van der Waals surface area (Å²) in [4.78, 5) is 18.1. The van der Waals surface area contributed by atoms with Crippen molar-refractivity contribution in [1.29, 1.82) is 0 Å². The van der Waals surface area contributed by atoms with Crippen molar-refractivity contribution < 1.29 is 13.9 Å². The normalized spacial score (nSPS) is 20.5. The number of ether oxygens (including phenoxy) is 1. The molecule has 1 aromatic rings. The monoisotopic (exact) mass is 513 g/mol. The molecule has 2 unspecified atom stereocenters. The Morgan fingerprint density at radius 3 is 2.79 bits per heavy atom. The lowest BCUT2D eigenvalue weighted by Gasteiger charge is -2.21. The van der Waals surface area contributed by atoms with Crippen LogP contribution in [-0.2, 0) is 16.1 Å². The molecule has 1 aliphatic rings. The average Bonchev–Trinajstić information content (AvgIpc) is 2.92. The van der Waals surface area contributed by atoms with Crippen LogP contribution in [-0.4, -0.2) is 44.1 Å². The lowest BCUT2D eigenvalue weighted by Crippen LogP contribution is -2.40. The van der Waals surface area contributed by atoms with Gasteiger partial charge in [0.25, 0.3) is 0 Å². The van der Waals surface area contributed by atoms with E-state index in [1.165, 1.54) is 13.2 Å². The lowest BCUT2D eigenvalue weighted by atomic mass is 9.99. The molecule has 0 bridgehead atoms. The largest absolute Gasteiger partial charge is 0.469 e. The fraction of sp³-hybridized carbons (Fsp3) is 0.500. The quantitative estimate of drug-likeness (QED) is 0.292. The van der Waals surface area contributed by atoms with Crippen molar-refractivity contribution >= 4 is 51.8 Å². The number of nitrogens with one attached hydrogen (secondary N) is 1. The van der Waals surface area contributed by atoms with Crippen molar-refractivity contribution in [3.63, 3.8) is 0 Å². The van der Waals surface area contributed by atoms with Gasteiger partial charge in [0.2, 0.25) is 0 Å². The zero-order valence-corrected chi connectivity index (χ0v) is 17.8. The standard InChI is InChI=1S/C16H21BrFN3O2.HI/c1-10-8-21(9-12(10)15(22)23-3)16(19-2)20-7-11-4-5-13(17)14(18)6-11;/h4-6,10,12H,7-9H2,1-3H3,(H,19,20);1H. The molecule has 0 amide bonds. The molecule has 5 nitrogen and oxygen atoms in total. The van der Waals surface area contributed by atoms with E-state index >= 15 is 0 Å². The second kappa shape index (κ2) is 9.55. The minimum Gasteiger partial charge on any atom is -0.469 e. The summed E-state index contributed by atoms with van der Waals surface area (Å²) in [7, 11) is 3.10. The summed E-state index contributed by atoms with van der Waals surface area (Å²) in [6, 6.07) is 5.01. The first-order valence-corrected chi connectivity index (χ1v) is 8.23. The number of rotatable bonds is 3. The summed E-state index contributed by atoms with van der Waals surface area (Å²) in [5, 5.41) is 3.21. The van der Waals surface area contributed by atoms with Crippen LogP contribution in [0.5, 0.6) is 0 Å². The van der Waals surface area contributed by atoms with Crippen LogP contribution in [0.3, 0.4) is 0 Å². The van der Waals surface area contributed by atoms with E-state index in [2.05, 4.69) is 26.2 Å². The average molecular weight is 514 g/mol. The van der Waals surface area contributed by atoms with Crippen LogP contribution in [0, 0.1) is 17.7 Å². The van der Waals surface area contributed by atoms with Gasteiger partial charge in [-0.05, 0) is 39.5 Å². The van der Waals surface area contributed by atoms with Gasteiger partial charge in [-0.2, -0.15) is 0 Å². The van der Waals surface area contributed by atoms with Crippen molar-refractivity contribution in [3.8, 4) is 0 Å². The maximum Gasteiger partial charge on any atom is 0.310 e. The Labute approximate surface area is 167 Å². The molecule has 1 saturated heterocycles. The zero-order valence-electron chi connectivity index (χ0n) is 13.9. The number of guanidine groups is 1. The highest BCUT2D eigenvalue weighted by atomic mass is 127. The first kappa shape index (κ1) is 21.1. The molecular weight excluding hydrogens is 492 g/mol. The SMILES string of the molecule is CN=C(NCc1ccc(Br)c(F)c1)N1CC(C)C(C(=O)OC)C1.I. The molecule has 24 heavy (non-hydrogen) atoms. The summed E-state index contributed by atoms with van der Waals surface area (Å²) >= 11 is 3.14. The highest BCUT2D eigenvalue weighted by Gasteiger charge is 2.36. The predicted octanol–water partition coefficient (Wildman–Crippen LogP) is 3.02. The number of hydrogen-bond acceptors (Lipinski definition) is 3. The number of aliphatic imine (C=N–C) groups is 1. The van der Waals surface area contributed by atoms with E-state index in [0.29, 0.717) is 23.5 Å². The van der Waals surface area contributed by atoms with Gasteiger partial charge >= 0.3 is 5.97 Å². The number of methoxy groups -OCH3 is 1. The van der Waals surface area contributed by atoms with Crippen molar-refractivity contribution in [2.24, 2.45) is 16.8 Å². The molecule has 2 rings (SSSR count). The van der Waals surface area contributed by atoms with Crippen LogP contribution in [0.25, 0.3) is 0 Å². The smallest absolute Gasteiger partial charge is 0.310 e. The van der Waals surface area contributed by atoms with Gasteiger partial charge in [0.1, 0.15) is 5.82 Å². The molecule has 2 atom stereocenters. The van der Waals surface area contributed by atoms with Gasteiger partial charge in [0.15, 0.2) is 5.96 Å². The summed E-state index contributed by atoms with van der Waals surface area (Å²) in [5.41, 5.74) is 0.823. The Kier molecular flexibility index (Phi) is 8.41. The molecule has 0 aromatic heterocycles. The minimum atomic E-state index is -0.292. The number of esters is 1. The highest BCUT2D eigenvalue weighted by molar-refractivity contribution is 14.0. The van der Waals surface area contributed by atoms with Crippen molar-refractivity contribution in [2.45, 2.75) is 13.5 Å². The zero-order chi connectivity index (χ0) is 17.0. The fourth-order valence-corrected chi connectivity index (χ4v) is 3.01. The number of carbonyl (C=O) groups is 1. The second-order valence-electron chi connectivity index (χ2n) is 5.66. The third-order valence-electron chi connectivity index (χ3n) is 4.06. The van der Waals surface area contributed by atoms with E-state index in [9.17, 15) is 9.18 Å². The molecule has 0 saturated carbocycles. The van der Waals surface area contributed by atoms with Crippen molar-refractivity contribution in [3.05, 3.63) is 34.1 Å². The van der Waals surface area contributed by atoms with E-state index in [-0.39, 0.29) is 47.6 Å². The predicted molar refractivity (Wildman–Crippen MR) is 106 cm³/mol. The van der Waals surface area contributed by atoms with Crippen LogP contribution < -0.4 is 5.32 Å². The molecule has 1 N–H and O–H groups in total. The molecule has 0 spiro atoms. The topological polar surface area (TPSA) is 53.9 Å². The maximum atomic E-state index is 13.6. The number of carbonyl (C=O) groups excluding carboxylic acids is 1. The van der Waals surface area contributed by atoms with Crippen LogP contribution in [0.1, 0.15) is 12.5 Å². The van der Waals surface area contributed by atoms with Gasteiger partial charge < -0.3 is 15.0 Å². The molecule has 0 radical (unpaired) electrons. The molecular formula is C16H22BrFIN3O2. The van der Waals surface area contributed by atoms with Gasteiger partial charge in [-0.15, -0.1) is 24.0 Å². The van der Waals surface area contributed by atoms with Gasteiger partial charge in [-0.3, -0.25) is 9.79 Å². The molecule has 134 valence electrons. The van der Waals surface area contributed by atoms with Gasteiger partial charge in [-0.25, -0.2) is 4.39 Å². The van der Waals surface area contributed by atoms with E-state index in [4.69, 9.17) is 4.74 Å². The van der Waals surface area contributed by atoms with E-state index in [0.717, 1.165) is 12.1 Å². The number of likely N-dealkylation sites (tertiary alicyclic amines) is 1. The maximum absolute atomic E-state index is 13.6. The van der Waals surface area contributed by atoms with Gasteiger partial charge in [0.05, 0.1) is 17.5 Å². The van der Waals surface area contributed by atoms with E-state index in [1.807, 2.05) is 17.9 Å². The third-order valence-corrected chi connectivity index (χ3v) is 4.71. The number of nitrogens with zero attached hydrogens (tertiary/aromatic N) is 2. The Morgan fingerprint density at radius 1 is 1.50 bits per heavy atom. The summed E-state index contributed by atoms with van der Waals surface area (Å²) in [6.07, 6.45) is 0.